The molecule has 90 valence electrons. The van der Waals surface area contributed by atoms with Crippen LogP contribution in [0, 0.1) is 5.92 Å². The topological polar surface area (TPSA) is 38.0 Å². The highest BCUT2D eigenvalue weighted by Gasteiger charge is 2.23. The predicted octanol–water partition coefficient (Wildman–Crippen LogP) is 2.67. The van der Waals surface area contributed by atoms with Crippen LogP contribution in [0.5, 0.6) is 0 Å². The second-order valence-corrected chi connectivity index (χ2v) is 5.10. The van der Waals surface area contributed by atoms with Crippen LogP contribution in [-0.4, -0.2) is 18.6 Å². The molecule has 0 aliphatic heterocycles. The summed E-state index contributed by atoms with van der Waals surface area (Å²) in [6.45, 7) is 5.34. The molecule has 1 aliphatic rings. The molecule has 0 saturated heterocycles. The van der Waals surface area contributed by atoms with Gasteiger partial charge in [0.2, 0.25) is 0 Å². The van der Waals surface area contributed by atoms with E-state index in [1.165, 1.54) is 44.9 Å². The average Bonchev–Trinajstić information content (AvgIpc) is 2.27. The van der Waals surface area contributed by atoms with E-state index in [1.54, 1.807) is 0 Å². The van der Waals surface area contributed by atoms with Crippen molar-refractivity contribution < 1.29 is 0 Å². The van der Waals surface area contributed by atoms with Gasteiger partial charge in [0.1, 0.15) is 0 Å². The molecule has 2 heteroatoms. The smallest absolute Gasteiger partial charge is 0.0220 e. The maximum atomic E-state index is 5.89. The van der Waals surface area contributed by atoms with Crippen molar-refractivity contribution in [2.45, 2.75) is 70.9 Å². The molecule has 1 saturated carbocycles. The van der Waals surface area contributed by atoms with Crippen molar-refractivity contribution in [3.05, 3.63) is 0 Å². The first-order chi connectivity index (χ1) is 7.27. The summed E-state index contributed by atoms with van der Waals surface area (Å²) < 4.78 is 0. The highest BCUT2D eigenvalue weighted by Crippen LogP contribution is 2.26. The Bertz CT molecular complexity index is 153. The van der Waals surface area contributed by atoms with E-state index in [4.69, 9.17) is 5.73 Å². The molecule has 0 heterocycles. The summed E-state index contributed by atoms with van der Waals surface area (Å²) in [7, 11) is 0. The molecular weight excluding hydrogens is 184 g/mol. The molecule has 0 aromatic carbocycles. The Kier molecular flexibility index (Phi) is 6.26. The first kappa shape index (κ1) is 13.0. The van der Waals surface area contributed by atoms with Crippen molar-refractivity contribution in [3.8, 4) is 0 Å². The van der Waals surface area contributed by atoms with Gasteiger partial charge in [0.05, 0.1) is 0 Å². The minimum absolute atomic E-state index is 0.562. The van der Waals surface area contributed by atoms with E-state index in [-0.39, 0.29) is 0 Å². The Morgan fingerprint density at radius 1 is 1.27 bits per heavy atom. The lowest BCUT2D eigenvalue weighted by Crippen LogP contribution is -2.46. The third-order valence-corrected chi connectivity index (χ3v) is 3.69. The number of nitrogens with one attached hydrogen (secondary N) is 1. The monoisotopic (exact) mass is 212 g/mol. The summed E-state index contributed by atoms with van der Waals surface area (Å²) >= 11 is 0. The van der Waals surface area contributed by atoms with Crippen molar-refractivity contribution in [3.63, 3.8) is 0 Å². The van der Waals surface area contributed by atoms with Crippen LogP contribution in [0.3, 0.4) is 0 Å². The predicted molar refractivity (Wildman–Crippen MR) is 66.9 cm³/mol. The summed E-state index contributed by atoms with van der Waals surface area (Å²) in [5.74, 6) is 0.836. The molecule has 0 spiro atoms. The number of rotatable bonds is 6. The molecule has 0 aromatic heterocycles. The van der Waals surface area contributed by atoms with Crippen molar-refractivity contribution in [2.24, 2.45) is 11.7 Å². The van der Waals surface area contributed by atoms with Gasteiger partial charge in [0.25, 0.3) is 0 Å². The number of hydrogen-bond acceptors (Lipinski definition) is 2. The molecule has 2 atom stereocenters. The van der Waals surface area contributed by atoms with Crippen LogP contribution in [0.2, 0.25) is 0 Å². The summed E-state index contributed by atoms with van der Waals surface area (Å²) in [4.78, 5) is 0. The summed E-state index contributed by atoms with van der Waals surface area (Å²) in [6, 6.07) is 1.19. The standard InChI is InChI=1S/C13H28N2/c1-3-7-11(2)15-13(10-14)12-8-5-4-6-9-12/h11-13,15H,3-10,14H2,1-2H3. The quantitative estimate of drug-likeness (QED) is 0.710. The van der Waals surface area contributed by atoms with Gasteiger partial charge in [-0.2, -0.15) is 0 Å². The molecule has 0 radical (unpaired) electrons. The van der Waals surface area contributed by atoms with E-state index in [9.17, 15) is 0 Å². The van der Waals surface area contributed by atoms with Gasteiger partial charge in [-0.25, -0.2) is 0 Å². The number of nitrogens with two attached hydrogens (primary N) is 1. The third-order valence-electron chi connectivity index (χ3n) is 3.69. The number of hydrogen-bond donors (Lipinski definition) is 2. The third kappa shape index (κ3) is 4.52. The molecule has 1 aliphatic carbocycles. The molecule has 2 nitrogen and oxygen atoms in total. The van der Waals surface area contributed by atoms with Crippen molar-refractivity contribution in [1.82, 2.24) is 5.32 Å². The summed E-state index contributed by atoms with van der Waals surface area (Å²) in [5, 5.41) is 3.71. The second kappa shape index (κ2) is 7.24. The molecule has 0 aromatic rings. The van der Waals surface area contributed by atoms with Crippen LogP contribution in [0.15, 0.2) is 0 Å². The van der Waals surface area contributed by atoms with E-state index in [1.807, 2.05) is 0 Å². The van der Waals surface area contributed by atoms with E-state index < -0.39 is 0 Å². The van der Waals surface area contributed by atoms with Crippen LogP contribution in [0.1, 0.15) is 58.8 Å². The zero-order valence-corrected chi connectivity index (χ0v) is 10.5. The maximum Gasteiger partial charge on any atom is 0.0220 e. The van der Waals surface area contributed by atoms with Gasteiger partial charge in [0.15, 0.2) is 0 Å². The maximum absolute atomic E-state index is 5.89. The Morgan fingerprint density at radius 2 is 1.93 bits per heavy atom. The SMILES string of the molecule is CCCC(C)NC(CN)C1CCCCC1. The van der Waals surface area contributed by atoms with Gasteiger partial charge < -0.3 is 11.1 Å². The second-order valence-electron chi connectivity index (χ2n) is 5.10. The van der Waals surface area contributed by atoms with Gasteiger partial charge in [0, 0.05) is 18.6 Å². The first-order valence-electron chi connectivity index (χ1n) is 6.74. The zero-order valence-electron chi connectivity index (χ0n) is 10.5. The van der Waals surface area contributed by atoms with Crippen molar-refractivity contribution >= 4 is 0 Å². The highest BCUT2D eigenvalue weighted by molar-refractivity contribution is 4.81. The lowest BCUT2D eigenvalue weighted by Gasteiger charge is -2.32. The minimum atomic E-state index is 0.562. The molecule has 1 rings (SSSR count). The average molecular weight is 212 g/mol. The van der Waals surface area contributed by atoms with Crippen LogP contribution < -0.4 is 11.1 Å². The van der Waals surface area contributed by atoms with Crippen LogP contribution in [0.25, 0.3) is 0 Å². The van der Waals surface area contributed by atoms with Gasteiger partial charge in [-0.3, -0.25) is 0 Å². The molecule has 1 fully saturated rings. The summed E-state index contributed by atoms with van der Waals surface area (Å²) in [5.41, 5.74) is 5.89. The van der Waals surface area contributed by atoms with Gasteiger partial charge in [-0.05, 0) is 32.1 Å². The van der Waals surface area contributed by atoms with E-state index in [2.05, 4.69) is 19.2 Å². The molecule has 2 unspecified atom stereocenters. The fourth-order valence-electron chi connectivity index (χ4n) is 2.81. The molecule has 0 bridgehead atoms. The molecular formula is C13H28N2. The Balaban J connectivity index is 2.32. The zero-order chi connectivity index (χ0) is 11.1. The highest BCUT2D eigenvalue weighted by atomic mass is 15.0. The fourth-order valence-corrected chi connectivity index (χ4v) is 2.81. The molecule has 15 heavy (non-hydrogen) atoms. The molecule has 0 amide bonds. The van der Waals surface area contributed by atoms with E-state index >= 15 is 0 Å². The van der Waals surface area contributed by atoms with Crippen molar-refractivity contribution in [1.29, 1.82) is 0 Å². The summed E-state index contributed by atoms with van der Waals surface area (Å²) in [6.07, 6.45) is 9.54. The van der Waals surface area contributed by atoms with E-state index in [0.29, 0.717) is 12.1 Å². The molecule has 3 N–H and O–H groups in total. The van der Waals surface area contributed by atoms with E-state index in [0.717, 1.165) is 12.5 Å². The lowest BCUT2D eigenvalue weighted by atomic mass is 9.83. The van der Waals surface area contributed by atoms with Gasteiger partial charge in [-0.15, -0.1) is 0 Å². The largest absolute Gasteiger partial charge is 0.329 e. The van der Waals surface area contributed by atoms with Crippen molar-refractivity contribution in [2.75, 3.05) is 6.54 Å². The minimum Gasteiger partial charge on any atom is -0.329 e. The van der Waals surface area contributed by atoms with Crippen LogP contribution in [-0.2, 0) is 0 Å². The van der Waals surface area contributed by atoms with Crippen LogP contribution >= 0.6 is 0 Å². The Morgan fingerprint density at radius 3 is 2.47 bits per heavy atom. The normalized spacial score (nSPS) is 22.6. The van der Waals surface area contributed by atoms with Crippen LogP contribution in [0.4, 0.5) is 0 Å². The lowest BCUT2D eigenvalue weighted by molar-refractivity contribution is 0.254. The fraction of sp³-hybridized carbons (Fsp3) is 1.00. The van der Waals surface area contributed by atoms with Gasteiger partial charge in [-0.1, -0.05) is 32.6 Å². The Hall–Kier alpha value is -0.0800. The van der Waals surface area contributed by atoms with Gasteiger partial charge >= 0.3 is 0 Å². The first-order valence-corrected chi connectivity index (χ1v) is 6.74. The Labute approximate surface area is 95.0 Å².